The highest BCUT2D eigenvalue weighted by molar-refractivity contribution is 7.99. The van der Waals surface area contributed by atoms with Gasteiger partial charge in [-0.2, -0.15) is 0 Å². The average Bonchev–Trinajstić information content (AvgIpc) is 2.78. The lowest BCUT2D eigenvalue weighted by Gasteiger charge is -2.07. The van der Waals surface area contributed by atoms with Gasteiger partial charge in [-0.25, -0.2) is 0 Å². The monoisotopic (exact) mass is 304 g/mol. The zero-order chi connectivity index (χ0) is 15.2. The van der Waals surface area contributed by atoms with E-state index in [1.165, 1.54) is 17.3 Å². The summed E-state index contributed by atoms with van der Waals surface area (Å²) in [6, 6.07) is 10.3. The number of hydrogen-bond acceptors (Lipinski definition) is 4. The molecule has 1 heterocycles. The highest BCUT2D eigenvalue weighted by Gasteiger charge is 2.12. The summed E-state index contributed by atoms with van der Waals surface area (Å²) in [6.07, 6.45) is 0.739. The van der Waals surface area contributed by atoms with Gasteiger partial charge in [0.05, 0.1) is 5.75 Å². The van der Waals surface area contributed by atoms with Gasteiger partial charge in [-0.15, -0.1) is 10.2 Å². The number of amides is 1. The molecular weight excluding hydrogens is 284 g/mol. The van der Waals surface area contributed by atoms with Crippen LogP contribution in [0.3, 0.4) is 0 Å². The fourth-order valence-corrected chi connectivity index (χ4v) is 2.64. The molecule has 1 aromatic carbocycles. The van der Waals surface area contributed by atoms with Gasteiger partial charge < -0.3 is 9.88 Å². The van der Waals surface area contributed by atoms with Crippen molar-refractivity contribution in [3.8, 4) is 0 Å². The minimum atomic E-state index is 0.0163. The average molecular weight is 304 g/mol. The van der Waals surface area contributed by atoms with Gasteiger partial charge in [0.25, 0.3) is 0 Å². The first kappa shape index (κ1) is 15.6. The van der Waals surface area contributed by atoms with Crippen molar-refractivity contribution in [1.82, 2.24) is 20.1 Å². The molecule has 0 spiro atoms. The van der Waals surface area contributed by atoms with Crippen molar-refractivity contribution in [3.05, 3.63) is 41.7 Å². The Morgan fingerprint density at radius 3 is 2.67 bits per heavy atom. The Labute approximate surface area is 129 Å². The number of rotatable bonds is 6. The third-order valence-electron chi connectivity index (χ3n) is 2.91. The molecule has 21 heavy (non-hydrogen) atoms. The van der Waals surface area contributed by atoms with Crippen molar-refractivity contribution < 1.29 is 4.79 Å². The van der Waals surface area contributed by atoms with Crippen molar-refractivity contribution in [2.45, 2.75) is 31.5 Å². The highest BCUT2D eigenvalue weighted by Crippen LogP contribution is 2.17. The summed E-state index contributed by atoms with van der Waals surface area (Å²) in [7, 11) is 1.93. The lowest BCUT2D eigenvalue weighted by atomic mass is 10.1. The van der Waals surface area contributed by atoms with E-state index in [9.17, 15) is 4.79 Å². The molecule has 1 amide bonds. The number of aromatic nitrogens is 3. The third kappa shape index (κ3) is 4.60. The van der Waals surface area contributed by atoms with E-state index in [0.717, 1.165) is 17.4 Å². The molecule has 1 N–H and O–H groups in total. The second-order valence-electron chi connectivity index (χ2n) is 5.13. The zero-order valence-corrected chi connectivity index (χ0v) is 13.4. The summed E-state index contributed by atoms with van der Waals surface area (Å²) in [6.45, 7) is 3.89. The maximum atomic E-state index is 11.6. The maximum absolute atomic E-state index is 11.6. The standard InChI is InChI=1S/C15H20N4OS/c1-11(2)16-14(20)10-21-15-18-17-13(19(15)3)9-12-7-5-4-6-8-12/h4-8,11H,9-10H2,1-3H3,(H,16,20). The number of thioether (sulfide) groups is 1. The molecule has 0 aliphatic heterocycles. The topological polar surface area (TPSA) is 59.8 Å². The van der Waals surface area contributed by atoms with Crippen LogP contribution in [-0.4, -0.2) is 32.5 Å². The predicted molar refractivity (Wildman–Crippen MR) is 84.3 cm³/mol. The Balaban J connectivity index is 1.96. The van der Waals surface area contributed by atoms with Crippen LogP contribution < -0.4 is 5.32 Å². The lowest BCUT2D eigenvalue weighted by Crippen LogP contribution is -2.31. The molecule has 0 radical (unpaired) electrons. The van der Waals surface area contributed by atoms with Gasteiger partial charge in [0.15, 0.2) is 5.16 Å². The van der Waals surface area contributed by atoms with Crippen molar-refractivity contribution in [1.29, 1.82) is 0 Å². The van der Waals surface area contributed by atoms with E-state index < -0.39 is 0 Å². The Bertz CT molecular complexity index is 595. The smallest absolute Gasteiger partial charge is 0.230 e. The van der Waals surface area contributed by atoms with E-state index in [1.807, 2.05) is 43.7 Å². The molecule has 0 bridgehead atoms. The molecule has 5 nitrogen and oxygen atoms in total. The Morgan fingerprint density at radius 2 is 2.00 bits per heavy atom. The number of nitrogens with one attached hydrogen (secondary N) is 1. The first-order chi connectivity index (χ1) is 10.1. The number of hydrogen-bond donors (Lipinski definition) is 1. The molecule has 1 aromatic heterocycles. The van der Waals surface area contributed by atoms with Crippen LogP contribution in [0.2, 0.25) is 0 Å². The van der Waals surface area contributed by atoms with Gasteiger partial charge in [0, 0.05) is 19.5 Å². The molecular formula is C15H20N4OS. The molecule has 0 aliphatic carbocycles. The molecule has 0 atom stereocenters. The van der Waals surface area contributed by atoms with Crippen LogP contribution in [0.5, 0.6) is 0 Å². The van der Waals surface area contributed by atoms with E-state index >= 15 is 0 Å². The van der Waals surface area contributed by atoms with E-state index in [4.69, 9.17) is 0 Å². The molecule has 0 unspecified atom stereocenters. The fraction of sp³-hybridized carbons (Fsp3) is 0.400. The molecule has 0 saturated heterocycles. The van der Waals surface area contributed by atoms with E-state index in [0.29, 0.717) is 5.75 Å². The van der Waals surface area contributed by atoms with Crippen LogP contribution in [0.25, 0.3) is 0 Å². The SMILES string of the molecule is CC(C)NC(=O)CSc1nnc(Cc2ccccc2)n1C. The quantitative estimate of drug-likeness (QED) is 0.830. The van der Waals surface area contributed by atoms with Crippen LogP contribution in [0.4, 0.5) is 0 Å². The molecule has 0 saturated carbocycles. The number of benzene rings is 1. The van der Waals surface area contributed by atoms with Crippen LogP contribution >= 0.6 is 11.8 Å². The molecule has 2 rings (SSSR count). The zero-order valence-electron chi connectivity index (χ0n) is 12.5. The van der Waals surface area contributed by atoms with Gasteiger partial charge in [0.1, 0.15) is 5.82 Å². The van der Waals surface area contributed by atoms with Crippen molar-refractivity contribution >= 4 is 17.7 Å². The number of carbonyl (C=O) groups is 1. The van der Waals surface area contributed by atoms with Crippen LogP contribution in [-0.2, 0) is 18.3 Å². The number of carbonyl (C=O) groups excluding carboxylic acids is 1. The summed E-state index contributed by atoms with van der Waals surface area (Å²) in [5.74, 6) is 1.27. The second-order valence-corrected chi connectivity index (χ2v) is 6.07. The van der Waals surface area contributed by atoms with Gasteiger partial charge >= 0.3 is 0 Å². The molecule has 6 heteroatoms. The van der Waals surface area contributed by atoms with E-state index in [-0.39, 0.29) is 11.9 Å². The molecule has 112 valence electrons. The number of nitrogens with zero attached hydrogens (tertiary/aromatic N) is 3. The minimum absolute atomic E-state index is 0.0163. The van der Waals surface area contributed by atoms with E-state index in [2.05, 4.69) is 27.6 Å². The summed E-state index contributed by atoms with van der Waals surface area (Å²) in [4.78, 5) is 11.6. The van der Waals surface area contributed by atoms with Crippen molar-refractivity contribution in [2.24, 2.45) is 7.05 Å². The summed E-state index contributed by atoms with van der Waals surface area (Å²) < 4.78 is 1.94. The highest BCUT2D eigenvalue weighted by atomic mass is 32.2. The second kappa shape index (κ2) is 7.26. The summed E-state index contributed by atoms with van der Waals surface area (Å²) >= 11 is 1.41. The Kier molecular flexibility index (Phi) is 5.38. The minimum Gasteiger partial charge on any atom is -0.353 e. The lowest BCUT2D eigenvalue weighted by molar-refractivity contribution is -0.119. The molecule has 2 aromatic rings. The van der Waals surface area contributed by atoms with Crippen LogP contribution in [0.15, 0.2) is 35.5 Å². The summed E-state index contributed by atoms with van der Waals surface area (Å²) in [5.41, 5.74) is 1.20. The Hall–Kier alpha value is -1.82. The van der Waals surface area contributed by atoms with Crippen molar-refractivity contribution in [2.75, 3.05) is 5.75 Å². The Morgan fingerprint density at radius 1 is 1.29 bits per heavy atom. The van der Waals surface area contributed by atoms with Gasteiger partial charge in [-0.05, 0) is 19.4 Å². The van der Waals surface area contributed by atoms with Gasteiger partial charge in [0.2, 0.25) is 5.91 Å². The first-order valence-electron chi connectivity index (χ1n) is 6.90. The largest absolute Gasteiger partial charge is 0.353 e. The maximum Gasteiger partial charge on any atom is 0.230 e. The molecule has 0 fully saturated rings. The fourth-order valence-electron chi connectivity index (χ4n) is 1.90. The van der Waals surface area contributed by atoms with Crippen LogP contribution in [0, 0.1) is 0 Å². The summed E-state index contributed by atoms with van der Waals surface area (Å²) in [5, 5.41) is 12.0. The van der Waals surface area contributed by atoms with Crippen molar-refractivity contribution in [3.63, 3.8) is 0 Å². The predicted octanol–water partition coefficient (Wildman–Crippen LogP) is 2.02. The van der Waals surface area contributed by atoms with Gasteiger partial charge in [-0.1, -0.05) is 42.1 Å². The normalized spacial score (nSPS) is 10.9. The first-order valence-corrected chi connectivity index (χ1v) is 7.89. The van der Waals surface area contributed by atoms with E-state index in [1.54, 1.807) is 0 Å². The third-order valence-corrected chi connectivity index (χ3v) is 3.93. The molecule has 0 aliphatic rings. The van der Waals surface area contributed by atoms with Crippen LogP contribution in [0.1, 0.15) is 25.2 Å². The van der Waals surface area contributed by atoms with Gasteiger partial charge in [-0.3, -0.25) is 4.79 Å².